The molecule has 1 aromatic heterocycles. The zero-order chi connectivity index (χ0) is 19.4. The number of amides is 1. The lowest BCUT2D eigenvalue weighted by Crippen LogP contribution is -2.10. The van der Waals surface area contributed by atoms with Crippen LogP contribution in [0.2, 0.25) is 0 Å². The molecule has 0 aliphatic carbocycles. The van der Waals surface area contributed by atoms with Gasteiger partial charge in [-0.15, -0.1) is 11.3 Å². The molecule has 0 saturated heterocycles. The molecule has 0 bridgehead atoms. The number of anilines is 1. The number of carbonyl (C=O) groups excluding carboxylic acids is 1. The van der Waals surface area contributed by atoms with Crippen LogP contribution in [-0.4, -0.2) is 13.0 Å². The van der Waals surface area contributed by atoms with Crippen LogP contribution in [0.1, 0.15) is 31.9 Å². The smallest absolute Gasteiger partial charge is 0.265 e. The summed E-state index contributed by atoms with van der Waals surface area (Å²) in [4.78, 5) is 13.1. The summed E-state index contributed by atoms with van der Waals surface area (Å²) < 4.78 is 11.2. The largest absolute Gasteiger partial charge is 0.493 e. The van der Waals surface area contributed by atoms with Crippen molar-refractivity contribution in [1.29, 1.82) is 0 Å². The van der Waals surface area contributed by atoms with Crippen molar-refractivity contribution in [2.45, 2.75) is 27.4 Å². The van der Waals surface area contributed by atoms with E-state index >= 15 is 0 Å². The van der Waals surface area contributed by atoms with E-state index in [4.69, 9.17) is 9.47 Å². The summed E-state index contributed by atoms with van der Waals surface area (Å²) in [5.41, 5.74) is 5.22. The summed E-state index contributed by atoms with van der Waals surface area (Å²) in [5, 5.41) is 4.89. The molecule has 0 radical (unpaired) electrons. The predicted molar refractivity (Wildman–Crippen MR) is 110 cm³/mol. The second kappa shape index (κ2) is 8.27. The van der Waals surface area contributed by atoms with E-state index in [2.05, 4.69) is 12.2 Å². The molecule has 2 aromatic carbocycles. The van der Waals surface area contributed by atoms with E-state index in [1.807, 2.05) is 61.7 Å². The molecule has 0 fully saturated rings. The van der Waals surface area contributed by atoms with E-state index in [-0.39, 0.29) is 5.91 Å². The normalized spacial score (nSPS) is 10.5. The summed E-state index contributed by atoms with van der Waals surface area (Å²) in [6.45, 7) is 6.47. The standard InChI is InChI=1S/C22H23NO3S/c1-14-5-8-19(20(9-14)25-4)26-12-17-11-21(27-13-17)22(24)23-18-7-6-15(2)16(3)10-18/h5-11,13H,12H2,1-4H3,(H,23,24). The topological polar surface area (TPSA) is 47.6 Å². The Morgan fingerprint density at radius 2 is 1.81 bits per heavy atom. The number of benzene rings is 2. The van der Waals surface area contributed by atoms with Crippen molar-refractivity contribution >= 4 is 22.9 Å². The highest BCUT2D eigenvalue weighted by molar-refractivity contribution is 7.12. The Hall–Kier alpha value is -2.79. The highest BCUT2D eigenvalue weighted by Crippen LogP contribution is 2.29. The quantitative estimate of drug-likeness (QED) is 0.612. The fraction of sp³-hybridized carbons (Fsp3) is 0.227. The Kier molecular flexibility index (Phi) is 5.81. The number of aryl methyl sites for hydroxylation is 3. The van der Waals surface area contributed by atoms with E-state index in [1.165, 1.54) is 16.9 Å². The van der Waals surface area contributed by atoms with E-state index < -0.39 is 0 Å². The van der Waals surface area contributed by atoms with E-state index in [0.717, 1.165) is 22.4 Å². The summed E-state index contributed by atoms with van der Waals surface area (Å²) in [6.07, 6.45) is 0. The first kappa shape index (κ1) is 19.0. The van der Waals surface area contributed by atoms with Gasteiger partial charge in [0.25, 0.3) is 5.91 Å². The average molecular weight is 381 g/mol. The van der Waals surface area contributed by atoms with Gasteiger partial charge in [0.05, 0.1) is 12.0 Å². The Morgan fingerprint density at radius 3 is 2.56 bits per heavy atom. The monoisotopic (exact) mass is 381 g/mol. The van der Waals surface area contributed by atoms with Crippen LogP contribution < -0.4 is 14.8 Å². The summed E-state index contributed by atoms with van der Waals surface area (Å²) in [6, 6.07) is 13.6. The number of carbonyl (C=O) groups is 1. The molecule has 140 valence electrons. The van der Waals surface area contributed by atoms with Crippen molar-refractivity contribution in [3.8, 4) is 11.5 Å². The highest BCUT2D eigenvalue weighted by atomic mass is 32.1. The Bertz CT molecular complexity index is 962. The molecule has 1 N–H and O–H groups in total. The summed E-state index contributed by atoms with van der Waals surface area (Å²) >= 11 is 1.41. The second-order valence-corrected chi connectivity index (χ2v) is 7.43. The van der Waals surface area contributed by atoms with Gasteiger partial charge < -0.3 is 14.8 Å². The number of thiophene rings is 1. The van der Waals surface area contributed by atoms with Crippen molar-refractivity contribution in [1.82, 2.24) is 0 Å². The van der Waals surface area contributed by atoms with Crippen LogP contribution in [0, 0.1) is 20.8 Å². The maximum Gasteiger partial charge on any atom is 0.265 e. The van der Waals surface area contributed by atoms with Crippen LogP contribution in [0.4, 0.5) is 5.69 Å². The fourth-order valence-electron chi connectivity index (χ4n) is 2.64. The molecule has 3 aromatic rings. The number of hydrogen-bond donors (Lipinski definition) is 1. The molecule has 0 atom stereocenters. The molecule has 0 aliphatic rings. The molecule has 0 unspecified atom stereocenters. The first-order chi connectivity index (χ1) is 13.0. The van der Waals surface area contributed by atoms with Crippen molar-refractivity contribution in [3.05, 3.63) is 75.0 Å². The van der Waals surface area contributed by atoms with Crippen LogP contribution in [0.25, 0.3) is 0 Å². The highest BCUT2D eigenvalue weighted by Gasteiger charge is 2.11. The van der Waals surface area contributed by atoms with Gasteiger partial charge in [-0.2, -0.15) is 0 Å². The van der Waals surface area contributed by atoms with E-state index in [1.54, 1.807) is 7.11 Å². The van der Waals surface area contributed by atoms with Gasteiger partial charge in [-0.25, -0.2) is 0 Å². The molecule has 3 rings (SSSR count). The van der Waals surface area contributed by atoms with Gasteiger partial charge in [0, 0.05) is 11.3 Å². The Morgan fingerprint density at radius 1 is 1.00 bits per heavy atom. The molecule has 1 amide bonds. The van der Waals surface area contributed by atoms with Gasteiger partial charge in [0.1, 0.15) is 6.61 Å². The zero-order valence-corrected chi connectivity index (χ0v) is 16.8. The zero-order valence-electron chi connectivity index (χ0n) is 16.0. The number of methoxy groups -OCH3 is 1. The molecule has 27 heavy (non-hydrogen) atoms. The maximum absolute atomic E-state index is 12.5. The molecule has 1 heterocycles. The molecule has 0 saturated carbocycles. The number of ether oxygens (including phenoxy) is 2. The van der Waals surface area contributed by atoms with Crippen molar-refractivity contribution in [2.75, 3.05) is 12.4 Å². The minimum absolute atomic E-state index is 0.109. The van der Waals surface area contributed by atoms with Gasteiger partial charge in [-0.1, -0.05) is 12.1 Å². The molecule has 0 spiro atoms. The molecular formula is C22H23NO3S. The van der Waals surface area contributed by atoms with Crippen LogP contribution in [0.5, 0.6) is 11.5 Å². The van der Waals surface area contributed by atoms with Gasteiger partial charge in [-0.05, 0) is 73.2 Å². The summed E-state index contributed by atoms with van der Waals surface area (Å²) in [7, 11) is 1.63. The third kappa shape index (κ3) is 4.68. The molecule has 4 nitrogen and oxygen atoms in total. The van der Waals surface area contributed by atoms with Gasteiger partial charge in [0.15, 0.2) is 11.5 Å². The minimum atomic E-state index is -0.109. The summed E-state index contributed by atoms with van der Waals surface area (Å²) in [5.74, 6) is 1.29. The van der Waals surface area contributed by atoms with Crippen LogP contribution in [-0.2, 0) is 6.61 Å². The molecule has 5 heteroatoms. The maximum atomic E-state index is 12.5. The SMILES string of the molecule is COc1cc(C)ccc1OCc1csc(C(=O)Nc2ccc(C)c(C)c2)c1. The lowest BCUT2D eigenvalue weighted by Gasteiger charge is -2.10. The first-order valence-electron chi connectivity index (χ1n) is 8.69. The van der Waals surface area contributed by atoms with Crippen molar-refractivity contribution in [3.63, 3.8) is 0 Å². The first-order valence-corrected chi connectivity index (χ1v) is 9.57. The van der Waals surface area contributed by atoms with E-state index in [9.17, 15) is 4.79 Å². The minimum Gasteiger partial charge on any atom is -0.493 e. The van der Waals surface area contributed by atoms with Gasteiger partial charge in [0.2, 0.25) is 0 Å². The van der Waals surface area contributed by atoms with Crippen LogP contribution >= 0.6 is 11.3 Å². The number of rotatable bonds is 6. The third-order valence-corrected chi connectivity index (χ3v) is 5.33. The van der Waals surface area contributed by atoms with Gasteiger partial charge >= 0.3 is 0 Å². The predicted octanol–water partition coefficient (Wildman–Crippen LogP) is 5.51. The second-order valence-electron chi connectivity index (χ2n) is 6.52. The lowest BCUT2D eigenvalue weighted by molar-refractivity contribution is 0.103. The number of nitrogens with one attached hydrogen (secondary N) is 1. The average Bonchev–Trinajstić information content (AvgIpc) is 3.13. The number of hydrogen-bond acceptors (Lipinski definition) is 4. The Balaban J connectivity index is 1.64. The Labute approximate surface area is 163 Å². The van der Waals surface area contributed by atoms with Gasteiger partial charge in [-0.3, -0.25) is 4.79 Å². The molecule has 0 aliphatic heterocycles. The van der Waals surface area contributed by atoms with Crippen molar-refractivity contribution < 1.29 is 14.3 Å². The third-order valence-electron chi connectivity index (χ3n) is 4.36. The molecular weight excluding hydrogens is 358 g/mol. The van der Waals surface area contributed by atoms with Crippen LogP contribution in [0.3, 0.4) is 0 Å². The van der Waals surface area contributed by atoms with Crippen molar-refractivity contribution in [2.24, 2.45) is 0 Å². The van der Waals surface area contributed by atoms with E-state index in [0.29, 0.717) is 23.0 Å². The lowest BCUT2D eigenvalue weighted by atomic mass is 10.1. The fourth-order valence-corrected chi connectivity index (χ4v) is 3.43. The van der Waals surface area contributed by atoms with Crippen LogP contribution in [0.15, 0.2) is 47.8 Å².